The van der Waals surface area contributed by atoms with E-state index in [9.17, 15) is 30.4 Å². The van der Waals surface area contributed by atoms with Crippen molar-refractivity contribution in [3.05, 3.63) is 47.0 Å². The van der Waals surface area contributed by atoms with Crippen molar-refractivity contribution in [3.8, 4) is 0 Å². The van der Waals surface area contributed by atoms with E-state index in [4.69, 9.17) is 0 Å². The Kier molecular flexibility index (Phi) is 8.25. The fourth-order valence-electron chi connectivity index (χ4n) is 5.80. The van der Waals surface area contributed by atoms with E-state index < -0.39 is 33.7 Å². The van der Waals surface area contributed by atoms with Gasteiger partial charge in [0.2, 0.25) is 15.8 Å². The molecule has 0 spiro atoms. The Balaban J connectivity index is 1.42. The van der Waals surface area contributed by atoms with E-state index in [1.807, 2.05) is 0 Å². The van der Waals surface area contributed by atoms with Gasteiger partial charge in [0.05, 0.1) is 6.26 Å². The molecule has 2 aromatic rings. The molecule has 1 atom stereocenters. The summed E-state index contributed by atoms with van der Waals surface area (Å²) < 4.78 is 94.7. The van der Waals surface area contributed by atoms with Crippen molar-refractivity contribution in [2.24, 2.45) is 5.92 Å². The van der Waals surface area contributed by atoms with Crippen molar-refractivity contribution in [2.45, 2.75) is 57.2 Å². The molecule has 2 fully saturated rings. The molecule has 0 aliphatic carbocycles. The average molecular weight is 550 g/mol. The Labute approximate surface area is 213 Å². The van der Waals surface area contributed by atoms with Crippen molar-refractivity contribution >= 4 is 10.0 Å². The molecule has 0 radical (unpaired) electrons. The van der Waals surface area contributed by atoms with Crippen LogP contribution in [0.15, 0.2) is 18.2 Å². The number of hydrogen-bond acceptors (Lipinski definition) is 5. The Morgan fingerprint density at radius 3 is 2.11 bits per heavy atom. The summed E-state index contributed by atoms with van der Waals surface area (Å²) in [6.45, 7) is 4.03. The van der Waals surface area contributed by atoms with Gasteiger partial charge in [-0.3, -0.25) is 0 Å². The number of aromatic nitrogens is 3. The first kappa shape index (κ1) is 27.9. The molecular formula is C24H32F5N5O2S. The maximum Gasteiger partial charge on any atom is 0.451 e. The molecule has 0 saturated carbocycles. The Morgan fingerprint density at radius 2 is 1.57 bits per heavy atom. The fourth-order valence-corrected chi connectivity index (χ4v) is 6.67. The molecule has 1 aromatic heterocycles. The summed E-state index contributed by atoms with van der Waals surface area (Å²) in [7, 11) is -3.30. The van der Waals surface area contributed by atoms with Crippen LogP contribution in [0.5, 0.6) is 0 Å². The standard InChI is InChI=1S/C24H32F5N5O2S/c1-16-30-31-23(24(27,28)29)34(16)21-5-8-32(9-6-21)10-7-22(18-13-19(25)15-20(26)14-18)17-3-11-33(12-4-17)37(2,35)36/h13-15,17,21-22H,3-12H2,1-2H3. The Hall–Kier alpha value is -2.12. The molecule has 2 saturated heterocycles. The van der Waals surface area contributed by atoms with Crippen LogP contribution in [0, 0.1) is 24.5 Å². The van der Waals surface area contributed by atoms with Crippen molar-refractivity contribution in [2.75, 3.05) is 39.0 Å². The first-order valence-electron chi connectivity index (χ1n) is 12.4. The van der Waals surface area contributed by atoms with E-state index in [0.29, 0.717) is 70.4 Å². The van der Waals surface area contributed by atoms with Gasteiger partial charge in [0.15, 0.2) is 0 Å². The minimum absolute atomic E-state index is 0.0609. The zero-order valence-electron chi connectivity index (χ0n) is 20.9. The quantitative estimate of drug-likeness (QED) is 0.480. The fraction of sp³-hybridized carbons (Fsp3) is 0.667. The molecule has 4 rings (SSSR count). The predicted octanol–water partition coefficient (Wildman–Crippen LogP) is 4.37. The molecule has 1 aromatic carbocycles. The predicted molar refractivity (Wildman–Crippen MR) is 127 cm³/mol. The second-order valence-electron chi connectivity index (χ2n) is 10.1. The van der Waals surface area contributed by atoms with Gasteiger partial charge in [-0.25, -0.2) is 21.5 Å². The molecule has 0 amide bonds. The number of nitrogens with zero attached hydrogens (tertiary/aromatic N) is 5. The number of benzene rings is 1. The van der Waals surface area contributed by atoms with Gasteiger partial charge in [0.25, 0.3) is 0 Å². The van der Waals surface area contributed by atoms with Gasteiger partial charge >= 0.3 is 6.18 Å². The molecule has 0 N–H and O–H groups in total. The minimum atomic E-state index is -4.57. The number of alkyl halides is 3. The number of halogens is 5. The van der Waals surface area contributed by atoms with Crippen molar-refractivity contribution in [1.29, 1.82) is 0 Å². The summed E-state index contributed by atoms with van der Waals surface area (Å²) >= 11 is 0. The van der Waals surface area contributed by atoms with Crippen LogP contribution in [0.25, 0.3) is 0 Å². The summed E-state index contributed by atoms with van der Waals surface area (Å²) in [5, 5.41) is 6.97. The number of rotatable bonds is 7. The maximum atomic E-state index is 14.1. The van der Waals surface area contributed by atoms with Gasteiger partial charge in [-0.2, -0.15) is 13.2 Å². The lowest BCUT2D eigenvalue weighted by Gasteiger charge is -2.37. The molecule has 2 aliphatic heterocycles. The first-order valence-corrected chi connectivity index (χ1v) is 14.3. The lowest BCUT2D eigenvalue weighted by atomic mass is 9.78. The van der Waals surface area contributed by atoms with Crippen molar-refractivity contribution < 1.29 is 30.4 Å². The summed E-state index contributed by atoms with van der Waals surface area (Å²) in [6.07, 6.45) is -0.595. The number of aryl methyl sites for hydroxylation is 1. The SMILES string of the molecule is Cc1nnc(C(F)(F)F)n1C1CCN(CCC(c2cc(F)cc(F)c2)C2CCN(S(C)(=O)=O)CC2)CC1. The minimum Gasteiger partial charge on any atom is -0.304 e. The second-order valence-corrected chi connectivity index (χ2v) is 12.1. The molecular weight excluding hydrogens is 517 g/mol. The Bertz CT molecular complexity index is 1170. The molecule has 13 heteroatoms. The lowest BCUT2D eigenvalue weighted by Crippen LogP contribution is -2.40. The monoisotopic (exact) mass is 549 g/mol. The van der Waals surface area contributed by atoms with Crippen LogP contribution in [0.4, 0.5) is 22.0 Å². The largest absolute Gasteiger partial charge is 0.451 e. The van der Waals surface area contributed by atoms with Crippen LogP contribution in [-0.2, 0) is 16.2 Å². The topological polar surface area (TPSA) is 71.3 Å². The first-order chi connectivity index (χ1) is 17.3. The van der Waals surface area contributed by atoms with Crippen LogP contribution in [0.1, 0.15) is 61.3 Å². The van der Waals surface area contributed by atoms with E-state index in [-0.39, 0.29) is 23.7 Å². The third kappa shape index (κ3) is 6.66. The van der Waals surface area contributed by atoms with Gasteiger partial charge in [0, 0.05) is 38.3 Å². The lowest BCUT2D eigenvalue weighted by molar-refractivity contribution is -0.148. The Morgan fingerprint density at radius 1 is 0.973 bits per heavy atom. The molecule has 37 heavy (non-hydrogen) atoms. The van der Waals surface area contributed by atoms with E-state index in [0.717, 1.165) is 6.07 Å². The normalized spacial score (nSPS) is 20.4. The van der Waals surface area contributed by atoms with Crippen molar-refractivity contribution in [3.63, 3.8) is 0 Å². The van der Waals surface area contributed by atoms with Gasteiger partial charge in [0.1, 0.15) is 17.5 Å². The molecule has 7 nitrogen and oxygen atoms in total. The van der Waals surface area contributed by atoms with Gasteiger partial charge < -0.3 is 9.47 Å². The van der Waals surface area contributed by atoms with Gasteiger partial charge in [-0.1, -0.05) is 0 Å². The number of sulfonamides is 1. The van der Waals surface area contributed by atoms with Crippen LogP contribution >= 0.6 is 0 Å². The highest BCUT2D eigenvalue weighted by Gasteiger charge is 2.40. The number of piperidine rings is 2. The zero-order valence-corrected chi connectivity index (χ0v) is 21.7. The molecule has 3 heterocycles. The van der Waals surface area contributed by atoms with E-state index in [1.54, 1.807) is 0 Å². The van der Waals surface area contributed by atoms with E-state index in [1.165, 1.54) is 34.2 Å². The summed E-state index contributed by atoms with van der Waals surface area (Å²) in [5.74, 6) is -2.15. The van der Waals surface area contributed by atoms with Gasteiger partial charge in [-0.05, 0) is 75.1 Å². The second kappa shape index (κ2) is 10.9. The summed E-state index contributed by atoms with van der Waals surface area (Å²) in [5.41, 5.74) is 0.556. The van der Waals surface area contributed by atoms with Crippen molar-refractivity contribution in [1.82, 2.24) is 24.0 Å². The summed E-state index contributed by atoms with van der Waals surface area (Å²) in [6, 6.07) is 3.17. The highest BCUT2D eigenvalue weighted by Crippen LogP contribution is 2.38. The smallest absolute Gasteiger partial charge is 0.304 e. The van der Waals surface area contributed by atoms with Crippen LogP contribution < -0.4 is 0 Å². The maximum absolute atomic E-state index is 14.1. The molecule has 2 aliphatic rings. The third-order valence-electron chi connectivity index (χ3n) is 7.65. The van der Waals surface area contributed by atoms with Crippen LogP contribution in [-0.4, -0.2) is 71.4 Å². The van der Waals surface area contributed by atoms with Crippen LogP contribution in [0.2, 0.25) is 0 Å². The van der Waals surface area contributed by atoms with Crippen LogP contribution in [0.3, 0.4) is 0 Å². The molecule has 1 unspecified atom stereocenters. The third-order valence-corrected chi connectivity index (χ3v) is 8.95. The highest BCUT2D eigenvalue weighted by atomic mass is 32.2. The zero-order chi connectivity index (χ0) is 27.0. The summed E-state index contributed by atoms with van der Waals surface area (Å²) in [4.78, 5) is 2.16. The van der Waals surface area contributed by atoms with Gasteiger partial charge in [-0.15, -0.1) is 10.2 Å². The average Bonchev–Trinajstić information content (AvgIpc) is 3.21. The number of likely N-dealkylation sites (tertiary alicyclic amines) is 1. The molecule has 206 valence electrons. The highest BCUT2D eigenvalue weighted by molar-refractivity contribution is 7.88. The molecule has 0 bridgehead atoms. The number of hydrogen-bond donors (Lipinski definition) is 0. The van der Waals surface area contributed by atoms with E-state index in [2.05, 4.69) is 15.1 Å². The van der Waals surface area contributed by atoms with E-state index >= 15 is 0 Å².